The molecule has 0 aliphatic rings. The van der Waals surface area contributed by atoms with Crippen molar-refractivity contribution < 1.29 is 4.79 Å². The summed E-state index contributed by atoms with van der Waals surface area (Å²) in [7, 11) is 0. The highest BCUT2D eigenvalue weighted by Crippen LogP contribution is 2.23. The number of aromatic nitrogens is 3. The topological polar surface area (TPSA) is 124 Å². The standard InChI is InChI=1S/C24H19N5O3/c1-15(17-5-7-18(8-6-17)20-4-2-3-16(13-20)14-25)26-22(30)19-9-11-21(12-10-19)29-24(32)27-23(31)28-29/h2-13,15H,1H3,(H,26,30)(H2,27,28,31,32). The molecule has 1 unspecified atom stereocenters. The lowest BCUT2D eigenvalue weighted by atomic mass is 10.00. The number of hydrogen-bond acceptors (Lipinski definition) is 4. The van der Waals surface area contributed by atoms with Crippen molar-refractivity contribution in [1.29, 1.82) is 5.26 Å². The molecular weight excluding hydrogens is 406 g/mol. The second-order valence-corrected chi connectivity index (χ2v) is 7.26. The summed E-state index contributed by atoms with van der Waals surface area (Å²) < 4.78 is 1.07. The van der Waals surface area contributed by atoms with Gasteiger partial charge in [-0.15, -0.1) is 0 Å². The SMILES string of the molecule is CC(NC(=O)c1ccc(-n2[nH]c(=O)[nH]c2=O)cc1)c1ccc(-c2cccc(C#N)c2)cc1. The van der Waals surface area contributed by atoms with Crippen LogP contribution >= 0.6 is 0 Å². The van der Waals surface area contributed by atoms with E-state index >= 15 is 0 Å². The van der Waals surface area contributed by atoms with E-state index in [2.05, 4.69) is 21.5 Å². The van der Waals surface area contributed by atoms with Crippen molar-refractivity contribution in [3.63, 3.8) is 0 Å². The number of carbonyl (C=O) groups is 1. The van der Waals surface area contributed by atoms with Crippen LogP contribution in [0.3, 0.4) is 0 Å². The fourth-order valence-electron chi connectivity index (χ4n) is 3.37. The largest absolute Gasteiger partial charge is 0.349 e. The number of nitrogens with zero attached hydrogens (tertiary/aromatic N) is 2. The average molecular weight is 425 g/mol. The molecule has 0 aliphatic heterocycles. The first-order valence-electron chi connectivity index (χ1n) is 9.88. The highest BCUT2D eigenvalue weighted by Gasteiger charge is 2.12. The zero-order chi connectivity index (χ0) is 22.7. The fraction of sp³-hybridized carbons (Fsp3) is 0.0833. The lowest BCUT2D eigenvalue weighted by Crippen LogP contribution is -2.26. The molecule has 1 heterocycles. The van der Waals surface area contributed by atoms with Gasteiger partial charge in [-0.25, -0.2) is 19.4 Å². The molecule has 1 atom stereocenters. The molecule has 0 saturated heterocycles. The number of nitriles is 1. The summed E-state index contributed by atoms with van der Waals surface area (Å²) in [5, 5.41) is 14.4. The Morgan fingerprint density at radius 1 is 1.00 bits per heavy atom. The molecule has 0 bridgehead atoms. The first-order chi connectivity index (χ1) is 15.4. The molecule has 8 nitrogen and oxygen atoms in total. The smallest absolute Gasteiger partial charge is 0.346 e. The monoisotopic (exact) mass is 425 g/mol. The van der Waals surface area contributed by atoms with Crippen LogP contribution in [0.2, 0.25) is 0 Å². The first kappa shape index (κ1) is 20.6. The third kappa shape index (κ3) is 4.27. The van der Waals surface area contributed by atoms with E-state index in [9.17, 15) is 14.4 Å². The van der Waals surface area contributed by atoms with Gasteiger partial charge in [0, 0.05) is 5.56 Å². The van der Waals surface area contributed by atoms with Crippen molar-refractivity contribution in [2.45, 2.75) is 13.0 Å². The molecule has 3 N–H and O–H groups in total. The Labute approximate surface area is 182 Å². The van der Waals surface area contributed by atoms with Gasteiger partial charge >= 0.3 is 11.4 Å². The number of benzene rings is 3. The maximum Gasteiger partial charge on any atom is 0.349 e. The molecule has 0 fully saturated rings. The van der Waals surface area contributed by atoms with E-state index in [0.29, 0.717) is 16.8 Å². The molecule has 0 radical (unpaired) electrons. The van der Waals surface area contributed by atoms with Crippen LogP contribution in [0.4, 0.5) is 0 Å². The van der Waals surface area contributed by atoms with Crippen molar-refractivity contribution in [3.8, 4) is 22.9 Å². The minimum absolute atomic E-state index is 0.231. The zero-order valence-corrected chi connectivity index (χ0v) is 17.1. The van der Waals surface area contributed by atoms with Gasteiger partial charge in [0.1, 0.15) is 0 Å². The summed E-state index contributed by atoms with van der Waals surface area (Å²) in [5.74, 6) is -0.259. The number of carbonyl (C=O) groups excluding carboxylic acids is 1. The molecule has 32 heavy (non-hydrogen) atoms. The number of amides is 1. The number of nitrogens with one attached hydrogen (secondary N) is 3. The quantitative estimate of drug-likeness (QED) is 0.455. The second-order valence-electron chi connectivity index (χ2n) is 7.26. The van der Waals surface area contributed by atoms with Crippen LogP contribution < -0.4 is 16.7 Å². The van der Waals surface area contributed by atoms with Gasteiger partial charge in [0.05, 0.1) is 23.4 Å². The van der Waals surface area contributed by atoms with Gasteiger partial charge < -0.3 is 5.32 Å². The van der Waals surface area contributed by atoms with Crippen LogP contribution in [-0.4, -0.2) is 20.7 Å². The van der Waals surface area contributed by atoms with Crippen molar-refractivity contribution in [1.82, 2.24) is 20.1 Å². The lowest BCUT2D eigenvalue weighted by molar-refractivity contribution is 0.0940. The fourth-order valence-corrected chi connectivity index (χ4v) is 3.37. The van der Waals surface area contributed by atoms with E-state index in [1.165, 1.54) is 0 Å². The van der Waals surface area contributed by atoms with Gasteiger partial charge in [0.25, 0.3) is 5.91 Å². The van der Waals surface area contributed by atoms with Crippen LogP contribution in [0.5, 0.6) is 0 Å². The van der Waals surface area contributed by atoms with Gasteiger partial charge in [0.15, 0.2) is 0 Å². The number of hydrogen-bond donors (Lipinski definition) is 3. The van der Waals surface area contributed by atoms with Gasteiger partial charge in [-0.05, 0) is 60.0 Å². The molecule has 158 valence electrons. The van der Waals surface area contributed by atoms with Gasteiger partial charge in [-0.1, -0.05) is 36.4 Å². The van der Waals surface area contributed by atoms with Crippen LogP contribution in [0.15, 0.2) is 82.4 Å². The van der Waals surface area contributed by atoms with Crippen molar-refractivity contribution in [2.24, 2.45) is 0 Å². The van der Waals surface area contributed by atoms with E-state index in [0.717, 1.165) is 21.4 Å². The van der Waals surface area contributed by atoms with Gasteiger partial charge in [-0.2, -0.15) is 5.26 Å². The van der Waals surface area contributed by atoms with Gasteiger partial charge in [0.2, 0.25) is 0 Å². The van der Waals surface area contributed by atoms with Crippen LogP contribution in [-0.2, 0) is 0 Å². The Morgan fingerprint density at radius 3 is 2.34 bits per heavy atom. The third-order valence-corrected chi connectivity index (χ3v) is 5.11. The predicted molar refractivity (Wildman–Crippen MR) is 119 cm³/mol. The zero-order valence-electron chi connectivity index (χ0n) is 17.1. The number of H-pyrrole nitrogens is 2. The molecular formula is C24H19N5O3. The van der Waals surface area contributed by atoms with E-state index < -0.39 is 11.4 Å². The Bertz CT molecular complexity index is 1420. The molecule has 4 aromatic rings. The molecule has 4 rings (SSSR count). The lowest BCUT2D eigenvalue weighted by Gasteiger charge is -2.15. The molecule has 8 heteroatoms. The number of rotatable bonds is 5. The molecule has 0 saturated carbocycles. The molecule has 0 aliphatic carbocycles. The minimum Gasteiger partial charge on any atom is -0.346 e. The maximum atomic E-state index is 12.6. The van der Waals surface area contributed by atoms with Crippen LogP contribution in [0.25, 0.3) is 16.8 Å². The Hall–Kier alpha value is -4.64. The summed E-state index contributed by atoms with van der Waals surface area (Å²) in [6.45, 7) is 1.89. The van der Waals surface area contributed by atoms with Crippen molar-refractivity contribution >= 4 is 5.91 Å². The normalized spacial score (nSPS) is 11.5. The first-order valence-corrected chi connectivity index (χ1v) is 9.88. The van der Waals surface area contributed by atoms with Crippen LogP contribution in [0.1, 0.15) is 34.5 Å². The Kier molecular flexibility index (Phi) is 5.55. The minimum atomic E-state index is -0.602. The summed E-state index contributed by atoms with van der Waals surface area (Å²) in [6.07, 6.45) is 0. The maximum absolute atomic E-state index is 12.6. The highest BCUT2D eigenvalue weighted by molar-refractivity contribution is 5.94. The Balaban J connectivity index is 1.45. The van der Waals surface area contributed by atoms with E-state index in [1.807, 2.05) is 49.4 Å². The summed E-state index contributed by atoms with van der Waals surface area (Å²) >= 11 is 0. The molecule has 0 spiro atoms. The summed E-state index contributed by atoms with van der Waals surface area (Å²) in [5.41, 5.74) is 3.16. The number of aromatic amines is 2. The summed E-state index contributed by atoms with van der Waals surface area (Å²) in [6, 6.07) is 23.4. The molecule has 1 amide bonds. The van der Waals surface area contributed by atoms with E-state index in [-0.39, 0.29) is 11.9 Å². The Morgan fingerprint density at radius 2 is 1.72 bits per heavy atom. The van der Waals surface area contributed by atoms with Crippen molar-refractivity contribution in [3.05, 3.63) is 110 Å². The summed E-state index contributed by atoms with van der Waals surface area (Å²) in [4.78, 5) is 37.7. The highest BCUT2D eigenvalue weighted by atomic mass is 16.2. The van der Waals surface area contributed by atoms with E-state index in [4.69, 9.17) is 5.26 Å². The average Bonchev–Trinajstić information content (AvgIpc) is 3.17. The second kappa shape index (κ2) is 8.62. The van der Waals surface area contributed by atoms with Crippen LogP contribution in [0, 0.1) is 11.3 Å². The predicted octanol–water partition coefficient (Wildman–Crippen LogP) is 2.88. The van der Waals surface area contributed by atoms with Gasteiger partial charge in [-0.3, -0.25) is 9.78 Å². The van der Waals surface area contributed by atoms with Crippen molar-refractivity contribution in [2.75, 3.05) is 0 Å². The third-order valence-electron chi connectivity index (χ3n) is 5.11. The van der Waals surface area contributed by atoms with E-state index in [1.54, 1.807) is 30.3 Å². The molecule has 1 aromatic heterocycles. The molecule has 3 aromatic carbocycles.